The summed E-state index contributed by atoms with van der Waals surface area (Å²) in [5.74, 6) is 0. The van der Waals surface area contributed by atoms with Crippen LogP contribution in [0.25, 0.3) is 0 Å². The molecule has 0 aliphatic carbocycles. The van der Waals surface area contributed by atoms with Crippen molar-refractivity contribution in [2.24, 2.45) is 0 Å². The zero-order chi connectivity index (χ0) is 14.5. The Morgan fingerprint density at radius 2 is 1.74 bits per heavy atom. The molecule has 0 saturated heterocycles. The number of rotatable bonds is 5. The number of alkyl halides is 3. The van der Waals surface area contributed by atoms with Crippen LogP contribution in [0, 0.1) is 18.3 Å². The van der Waals surface area contributed by atoms with Gasteiger partial charge in [-0.25, -0.2) is 0 Å². The summed E-state index contributed by atoms with van der Waals surface area (Å²) in [7, 11) is 0. The van der Waals surface area contributed by atoms with E-state index in [0.717, 1.165) is 11.3 Å². The highest BCUT2D eigenvalue weighted by molar-refractivity contribution is 5.48. The molecule has 0 spiro atoms. The van der Waals surface area contributed by atoms with Crippen molar-refractivity contribution >= 4 is 5.69 Å². The fourth-order valence-electron chi connectivity index (χ4n) is 1.74. The maximum atomic E-state index is 12.1. The van der Waals surface area contributed by atoms with Crippen LogP contribution in [0.15, 0.2) is 24.3 Å². The third-order valence-corrected chi connectivity index (χ3v) is 2.86. The van der Waals surface area contributed by atoms with E-state index in [1.807, 2.05) is 37.3 Å². The van der Waals surface area contributed by atoms with E-state index in [4.69, 9.17) is 5.26 Å². The number of hydrogen-bond acceptors (Lipinski definition) is 2. The number of halogens is 3. The molecule has 1 rings (SSSR count). The Kier molecular flexibility index (Phi) is 4.82. The van der Waals surface area contributed by atoms with Gasteiger partial charge in [0.15, 0.2) is 0 Å². The SMILES string of the molecule is Cc1ccc(NC(C)(C#N)CCCC(F)(F)F)cc1. The zero-order valence-corrected chi connectivity index (χ0v) is 11.0. The maximum Gasteiger partial charge on any atom is 0.389 e. The molecule has 104 valence electrons. The monoisotopic (exact) mass is 270 g/mol. The third kappa shape index (κ3) is 5.64. The molecule has 5 heteroatoms. The smallest absolute Gasteiger partial charge is 0.368 e. The second-order valence-corrected chi connectivity index (χ2v) is 4.90. The van der Waals surface area contributed by atoms with Gasteiger partial charge in [0.2, 0.25) is 0 Å². The number of nitrogens with zero attached hydrogens (tertiary/aromatic N) is 1. The quantitative estimate of drug-likeness (QED) is 0.859. The molecule has 1 unspecified atom stereocenters. The minimum Gasteiger partial charge on any atom is -0.368 e. The van der Waals surface area contributed by atoms with Gasteiger partial charge in [0.05, 0.1) is 6.07 Å². The normalized spacial score (nSPS) is 14.5. The minimum absolute atomic E-state index is 0.0631. The highest BCUT2D eigenvalue weighted by Crippen LogP contribution is 2.26. The topological polar surface area (TPSA) is 35.8 Å². The predicted molar refractivity (Wildman–Crippen MR) is 68.7 cm³/mol. The molecule has 1 aromatic rings. The summed E-state index contributed by atoms with van der Waals surface area (Å²) in [6.45, 7) is 3.56. The van der Waals surface area contributed by atoms with Gasteiger partial charge < -0.3 is 5.32 Å². The Morgan fingerprint density at radius 1 is 1.16 bits per heavy atom. The van der Waals surface area contributed by atoms with E-state index in [2.05, 4.69) is 5.32 Å². The van der Waals surface area contributed by atoms with Crippen LogP contribution in [0.2, 0.25) is 0 Å². The molecule has 0 fully saturated rings. The Bertz CT molecular complexity index is 445. The van der Waals surface area contributed by atoms with Gasteiger partial charge in [-0.2, -0.15) is 18.4 Å². The van der Waals surface area contributed by atoms with Gasteiger partial charge in [-0.15, -0.1) is 0 Å². The summed E-state index contributed by atoms with van der Waals surface area (Å²) < 4.78 is 36.3. The zero-order valence-electron chi connectivity index (χ0n) is 11.0. The number of hydrogen-bond donors (Lipinski definition) is 1. The van der Waals surface area contributed by atoms with Crippen LogP contribution in [0.3, 0.4) is 0 Å². The van der Waals surface area contributed by atoms with Gasteiger partial charge in [0.1, 0.15) is 5.54 Å². The summed E-state index contributed by atoms with van der Waals surface area (Å²) in [6, 6.07) is 9.45. The van der Waals surface area contributed by atoms with Crippen molar-refractivity contribution in [3.8, 4) is 6.07 Å². The van der Waals surface area contributed by atoms with Crippen LogP contribution >= 0.6 is 0 Å². The summed E-state index contributed by atoms with van der Waals surface area (Å²) in [4.78, 5) is 0. The Morgan fingerprint density at radius 3 is 2.21 bits per heavy atom. The number of aryl methyl sites for hydroxylation is 1. The molecule has 0 aliphatic heterocycles. The number of nitriles is 1. The molecule has 1 N–H and O–H groups in total. The first-order valence-corrected chi connectivity index (χ1v) is 6.07. The average molecular weight is 270 g/mol. The molecule has 0 saturated carbocycles. The highest BCUT2D eigenvalue weighted by Gasteiger charge is 2.30. The molecule has 0 radical (unpaired) electrons. The lowest BCUT2D eigenvalue weighted by atomic mass is 9.96. The van der Waals surface area contributed by atoms with Crippen LogP contribution in [-0.4, -0.2) is 11.7 Å². The summed E-state index contributed by atoms with van der Waals surface area (Å²) in [6.07, 6.45) is -4.94. The van der Waals surface area contributed by atoms with Crippen LogP contribution in [0.1, 0.15) is 31.7 Å². The fourth-order valence-corrected chi connectivity index (χ4v) is 1.74. The van der Waals surface area contributed by atoms with Crippen LogP contribution in [-0.2, 0) is 0 Å². The van der Waals surface area contributed by atoms with Crippen molar-refractivity contribution in [3.63, 3.8) is 0 Å². The van der Waals surface area contributed by atoms with Gasteiger partial charge in [-0.3, -0.25) is 0 Å². The largest absolute Gasteiger partial charge is 0.389 e. The average Bonchev–Trinajstić information content (AvgIpc) is 2.30. The van der Waals surface area contributed by atoms with Crippen molar-refractivity contribution in [1.82, 2.24) is 0 Å². The van der Waals surface area contributed by atoms with Crippen LogP contribution in [0.4, 0.5) is 18.9 Å². The number of nitrogens with one attached hydrogen (secondary N) is 1. The van der Waals surface area contributed by atoms with Gasteiger partial charge in [0, 0.05) is 12.1 Å². The second-order valence-electron chi connectivity index (χ2n) is 4.90. The van der Waals surface area contributed by atoms with Gasteiger partial charge in [-0.1, -0.05) is 17.7 Å². The molecular weight excluding hydrogens is 253 g/mol. The Balaban J connectivity index is 2.60. The van der Waals surface area contributed by atoms with Crippen LogP contribution in [0.5, 0.6) is 0 Å². The summed E-state index contributed by atoms with van der Waals surface area (Å²) in [5, 5.41) is 12.1. The first-order valence-electron chi connectivity index (χ1n) is 6.07. The molecule has 0 aliphatic rings. The van der Waals surface area contributed by atoms with E-state index in [0.29, 0.717) is 0 Å². The minimum atomic E-state index is -4.17. The number of anilines is 1. The van der Waals surface area contributed by atoms with E-state index >= 15 is 0 Å². The lowest BCUT2D eigenvalue weighted by Crippen LogP contribution is -2.33. The van der Waals surface area contributed by atoms with Gasteiger partial charge in [-0.05, 0) is 38.8 Å². The second kappa shape index (κ2) is 5.96. The van der Waals surface area contributed by atoms with Gasteiger partial charge >= 0.3 is 6.18 Å². The molecular formula is C14H17F3N2. The molecule has 1 atom stereocenters. The summed E-state index contributed by atoms with van der Waals surface area (Å²) in [5.41, 5.74) is 0.837. The van der Waals surface area contributed by atoms with E-state index in [1.165, 1.54) is 0 Å². The Hall–Kier alpha value is -1.70. The van der Waals surface area contributed by atoms with Crippen molar-refractivity contribution in [3.05, 3.63) is 29.8 Å². The molecule has 0 aromatic heterocycles. The molecule has 2 nitrogen and oxygen atoms in total. The van der Waals surface area contributed by atoms with Gasteiger partial charge in [0.25, 0.3) is 0 Å². The molecule has 19 heavy (non-hydrogen) atoms. The van der Waals surface area contributed by atoms with Crippen LogP contribution < -0.4 is 5.32 Å². The number of benzene rings is 1. The van der Waals surface area contributed by atoms with Crippen molar-refractivity contribution < 1.29 is 13.2 Å². The first kappa shape index (κ1) is 15.4. The highest BCUT2D eigenvalue weighted by atomic mass is 19.4. The molecule has 1 aromatic carbocycles. The van der Waals surface area contributed by atoms with E-state index in [1.54, 1.807) is 6.92 Å². The Labute approximate surface area is 111 Å². The van der Waals surface area contributed by atoms with E-state index < -0.39 is 18.1 Å². The summed E-state index contributed by atoms with van der Waals surface area (Å²) >= 11 is 0. The maximum absolute atomic E-state index is 12.1. The molecule has 0 heterocycles. The predicted octanol–water partition coefficient (Wildman–Crippen LogP) is 4.42. The van der Waals surface area contributed by atoms with Crippen molar-refractivity contribution in [1.29, 1.82) is 5.26 Å². The lowest BCUT2D eigenvalue weighted by molar-refractivity contribution is -0.135. The van der Waals surface area contributed by atoms with E-state index in [-0.39, 0.29) is 12.8 Å². The molecule has 0 bridgehead atoms. The lowest BCUT2D eigenvalue weighted by Gasteiger charge is -2.24. The standard InChI is InChI=1S/C14H17F3N2/c1-11-4-6-12(7-5-11)19-13(2,10-18)8-3-9-14(15,16)17/h4-7,19H,3,8-9H2,1-2H3. The van der Waals surface area contributed by atoms with Crippen molar-refractivity contribution in [2.45, 2.75) is 44.8 Å². The molecule has 0 amide bonds. The van der Waals surface area contributed by atoms with E-state index in [9.17, 15) is 13.2 Å². The van der Waals surface area contributed by atoms with Crippen molar-refractivity contribution in [2.75, 3.05) is 5.32 Å². The first-order chi connectivity index (χ1) is 8.74. The fraction of sp³-hybridized carbons (Fsp3) is 0.500. The third-order valence-electron chi connectivity index (χ3n) is 2.86.